The quantitative estimate of drug-likeness (QED) is 0.799. The van der Waals surface area contributed by atoms with E-state index in [9.17, 15) is 5.11 Å². The standard InChI is InChI=1S/C16H16N2O/c1-3-8-18(9-4-2)10-7-13-12-17-16-6-5-14(19)11-15(13)16/h1-2,5-6,11-12,17,19H,7-10H2. The van der Waals surface area contributed by atoms with Gasteiger partial charge in [-0.05, 0) is 30.2 Å². The van der Waals surface area contributed by atoms with Gasteiger partial charge in [-0.2, -0.15) is 0 Å². The molecule has 0 saturated heterocycles. The molecule has 0 aliphatic rings. The summed E-state index contributed by atoms with van der Waals surface area (Å²) >= 11 is 0. The number of terminal acetylenes is 2. The smallest absolute Gasteiger partial charge is 0.116 e. The predicted octanol–water partition coefficient (Wildman–Crippen LogP) is 1.98. The van der Waals surface area contributed by atoms with Crippen molar-refractivity contribution in [2.45, 2.75) is 6.42 Å². The fourth-order valence-corrected chi connectivity index (χ4v) is 2.12. The van der Waals surface area contributed by atoms with Crippen LogP contribution >= 0.6 is 0 Å². The minimum Gasteiger partial charge on any atom is -0.508 e. The minimum atomic E-state index is 0.275. The lowest BCUT2D eigenvalue weighted by molar-refractivity contribution is 0.350. The van der Waals surface area contributed by atoms with Gasteiger partial charge >= 0.3 is 0 Å². The van der Waals surface area contributed by atoms with Crippen molar-refractivity contribution in [1.29, 1.82) is 0 Å². The maximum Gasteiger partial charge on any atom is 0.116 e. The monoisotopic (exact) mass is 252 g/mol. The zero-order valence-electron chi connectivity index (χ0n) is 10.7. The molecule has 0 bridgehead atoms. The van der Waals surface area contributed by atoms with Gasteiger partial charge in [0.15, 0.2) is 0 Å². The van der Waals surface area contributed by atoms with E-state index in [1.807, 2.05) is 17.2 Å². The predicted molar refractivity (Wildman–Crippen MR) is 77.8 cm³/mol. The van der Waals surface area contributed by atoms with Gasteiger partial charge in [-0.15, -0.1) is 12.8 Å². The van der Waals surface area contributed by atoms with Crippen molar-refractivity contribution in [3.8, 4) is 30.4 Å². The SMILES string of the molecule is C#CCN(CC#C)CCc1c[nH]c2ccc(O)cc12. The molecule has 0 spiro atoms. The van der Waals surface area contributed by atoms with Crippen molar-refractivity contribution in [2.75, 3.05) is 19.6 Å². The molecule has 0 aliphatic heterocycles. The molecule has 0 radical (unpaired) electrons. The van der Waals surface area contributed by atoms with Crippen LogP contribution < -0.4 is 0 Å². The Morgan fingerprint density at radius 3 is 2.63 bits per heavy atom. The van der Waals surface area contributed by atoms with Gasteiger partial charge < -0.3 is 10.1 Å². The number of phenols is 1. The molecule has 0 atom stereocenters. The number of rotatable bonds is 5. The van der Waals surface area contributed by atoms with Crippen LogP contribution in [0.1, 0.15) is 5.56 Å². The van der Waals surface area contributed by atoms with E-state index in [2.05, 4.69) is 16.8 Å². The van der Waals surface area contributed by atoms with Gasteiger partial charge in [0.25, 0.3) is 0 Å². The summed E-state index contributed by atoms with van der Waals surface area (Å²) in [5.41, 5.74) is 2.18. The third kappa shape index (κ3) is 3.10. The Morgan fingerprint density at radius 1 is 1.21 bits per heavy atom. The maximum absolute atomic E-state index is 9.54. The number of phenolic OH excluding ortho intramolecular Hbond substituents is 1. The van der Waals surface area contributed by atoms with Crippen molar-refractivity contribution in [3.63, 3.8) is 0 Å². The summed E-state index contributed by atoms with van der Waals surface area (Å²) in [6, 6.07) is 5.31. The van der Waals surface area contributed by atoms with E-state index in [0.717, 1.165) is 29.4 Å². The number of benzene rings is 1. The number of nitrogens with one attached hydrogen (secondary N) is 1. The van der Waals surface area contributed by atoms with Gasteiger partial charge in [0.1, 0.15) is 5.75 Å². The van der Waals surface area contributed by atoms with Crippen LogP contribution in [0.15, 0.2) is 24.4 Å². The van der Waals surface area contributed by atoms with Crippen molar-refractivity contribution in [2.24, 2.45) is 0 Å². The molecule has 96 valence electrons. The van der Waals surface area contributed by atoms with Gasteiger partial charge in [0.05, 0.1) is 13.1 Å². The van der Waals surface area contributed by atoms with Crippen LogP contribution in [0.25, 0.3) is 10.9 Å². The van der Waals surface area contributed by atoms with Gasteiger partial charge in [-0.25, -0.2) is 0 Å². The lowest BCUT2D eigenvalue weighted by atomic mass is 10.1. The molecular formula is C16H16N2O. The number of fused-ring (bicyclic) bond motifs is 1. The highest BCUT2D eigenvalue weighted by molar-refractivity contribution is 5.84. The Kier molecular flexibility index (Phi) is 4.13. The number of H-pyrrole nitrogens is 1. The molecule has 3 nitrogen and oxygen atoms in total. The molecule has 3 heteroatoms. The second-order valence-corrected chi connectivity index (χ2v) is 4.41. The van der Waals surface area contributed by atoms with E-state index < -0.39 is 0 Å². The number of hydrogen-bond acceptors (Lipinski definition) is 2. The highest BCUT2D eigenvalue weighted by Crippen LogP contribution is 2.23. The van der Waals surface area contributed by atoms with E-state index in [-0.39, 0.29) is 5.75 Å². The zero-order valence-corrected chi connectivity index (χ0v) is 10.7. The Hall–Kier alpha value is -2.36. The van der Waals surface area contributed by atoms with Gasteiger partial charge in [0.2, 0.25) is 0 Å². The van der Waals surface area contributed by atoms with Crippen LogP contribution in [0.3, 0.4) is 0 Å². The van der Waals surface area contributed by atoms with Gasteiger partial charge in [-0.3, -0.25) is 4.90 Å². The summed E-state index contributed by atoms with van der Waals surface area (Å²) in [5.74, 6) is 5.50. The second kappa shape index (κ2) is 6.00. The fraction of sp³-hybridized carbons (Fsp3) is 0.250. The van der Waals surface area contributed by atoms with E-state index in [0.29, 0.717) is 13.1 Å². The van der Waals surface area contributed by atoms with Crippen molar-refractivity contribution >= 4 is 10.9 Å². The first kappa shape index (κ1) is 13.1. The normalized spacial score (nSPS) is 10.5. The van der Waals surface area contributed by atoms with E-state index in [1.54, 1.807) is 12.1 Å². The number of aromatic hydroxyl groups is 1. The summed E-state index contributed by atoms with van der Waals surface area (Å²) < 4.78 is 0. The van der Waals surface area contributed by atoms with Crippen LogP contribution in [0.5, 0.6) is 5.75 Å². The second-order valence-electron chi connectivity index (χ2n) is 4.41. The van der Waals surface area contributed by atoms with E-state index >= 15 is 0 Å². The molecule has 2 aromatic rings. The lowest BCUT2D eigenvalue weighted by Crippen LogP contribution is -2.26. The maximum atomic E-state index is 9.54. The Morgan fingerprint density at radius 2 is 1.95 bits per heavy atom. The number of aromatic nitrogens is 1. The molecule has 0 aliphatic carbocycles. The molecule has 0 saturated carbocycles. The molecule has 1 aromatic carbocycles. The first-order valence-corrected chi connectivity index (χ1v) is 6.13. The molecule has 0 amide bonds. The highest BCUT2D eigenvalue weighted by Gasteiger charge is 2.07. The summed E-state index contributed by atoms with van der Waals surface area (Å²) in [7, 11) is 0. The topological polar surface area (TPSA) is 39.3 Å². The third-order valence-electron chi connectivity index (χ3n) is 3.08. The van der Waals surface area contributed by atoms with Crippen LogP contribution in [0, 0.1) is 24.7 Å². The molecule has 0 unspecified atom stereocenters. The van der Waals surface area contributed by atoms with Crippen LogP contribution in [-0.4, -0.2) is 34.6 Å². The van der Waals surface area contributed by atoms with Gasteiger partial charge in [-0.1, -0.05) is 11.8 Å². The van der Waals surface area contributed by atoms with Gasteiger partial charge in [0, 0.05) is 23.6 Å². The molecule has 2 N–H and O–H groups in total. The average molecular weight is 252 g/mol. The number of nitrogens with zero attached hydrogens (tertiary/aromatic N) is 1. The summed E-state index contributed by atoms with van der Waals surface area (Å²) in [6.07, 6.45) is 13.4. The summed E-state index contributed by atoms with van der Waals surface area (Å²) in [4.78, 5) is 5.24. The number of hydrogen-bond donors (Lipinski definition) is 2. The molecule has 19 heavy (non-hydrogen) atoms. The van der Waals surface area contributed by atoms with Crippen LogP contribution in [0.2, 0.25) is 0 Å². The third-order valence-corrected chi connectivity index (χ3v) is 3.08. The van der Waals surface area contributed by atoms with Crippen molar-refractivity contribution < 1.29 is 5.11 Å². The highest BCUT2D eigenvalue weighted by atomic mass is 16.3. The summed E-state index contributed by atoms with van der Waals surface area (Å²) in [5, 5.41) is 10.6. The molecule has 2 rings (SSSR count). The fourth-order valence-electron chi connectivity index (χ4n) is 2.12. The van der Waals surface area contributed by atoms with Crippen LogP contribution in [0.4, 0.5) is 0 Å². The number of aromatic amines is 1. The zero-order chi connectivity index (χ0) is 13.7. The van der Waals surface area contributed by atoms with E-state index in [1.165, 1.54) is 0 Å². The average Bonchev–Trinajstić information content (AvgIpc) is 2.79. The Labute approximate surface area is 113 Å². The Bertz CT molecular complexity index is 627. The molecular weight excluding hydrogens is 236 g/mol. The lowest BCUT2D eigenvalue weighted by Gasteiger charge is -2.16. The van der Waals surface area contributed by atoms with Crippen molar-refractivity contribution in [1.82, 2.24) is 9.88 Å². The Balaban J connectivity index is 2.11. The van der Waals surface area contributed by atoms with Crippen molar-refractivity contribution in [3.05, 3.63) is 30.0 Å². The molecule has 1 aromatic heterocycles. The largest absolute Gasteiger partial charge is 0.508 e. The first-order valence-electron chi connectivity index (χ1n) is 6.13. The van der Waals surface area contributed by atoms with E-state index in [4.69, 9.17) is 12.8 Å². The van der Waals surface area contributed by atoms with Crippen LogP contribution in [-0.2, 0) is 6.42 Å². The summed E-state index contributed by atoms with van der Waals surface area (Å²) in [6.45, 7) is 1.91. The minimum absolute atomic E-state index is 0.275. The molecule has 0 fully saturated rings. The first-order chi connectivity index (χ1) is 9.24. The molecule has 1 heterocycles.